The molecule has 0 bridgehead atoms. The van der Waals surface area contributed by atoms with Gasteiger partial charge in [-0.15, -0.1) is 0 Å². The SMILES string of the molecule is CC(C)=CCC/C(C)=C/CCCCCCCC(P(C)(=O)O)P(=O)(O)O. The summed E-state index contributed by atoms with van der Waals surface area (Å²) in [4.78, 5) is 27.9. The van der Waals surface area contributed by atoms with E-state index in [0.29, 0.717) is 6.42 Å². The summed E-state index contributed by atoms with van der Waals surface area (Å²) in [7, 11) is -8.28. The first-order chi connectivity index (χ1) is 11.4. The van der Waals surface area contributed by atoms with E-state index in [2.05, 4.69) is 32.9 Å². The number of hydrogen-bond donors (Lipinski definition) is 3. The number of hydrogen-bond acceptors (Lipinski definition) is 2. The van der Waals surface area contributed by atoms with Gasteiger partial charge in [0.05, 0.1) is 0 Å². The minimum atomic E-state index is -4.52. The molecule has 25 heavy (non-hydrogen) atoms. The zero-order valence-corrected chi connectivity index (χ0v) is 17.9. The van der Waals surface area contributed by atoms with Gasteiger partial charge in [0.15, 0.2) is 0 Å². The molecule has 0 spiro atoms. The molecule has 0 amide bonds. The van der Waals surface area contributed by atoms with Crippen LogP contribution in [0, 0.1) is 0 Å². The lowest BCUT2D eigenvalue weighted by Crippen LogP contribution is -2.08. The predicted octanol–water partition coefficient (Wildman–Crippen LogP) is 5.81. The Hall–Kier alpha value is -0.180. The summed E-state index contributed by atoms with van der Waals surface area (Å²) in [5.74, 6) is 0. The van der Waals surface area contributed by atoms with E-state index in [9.17, 15) is 23.8 Å². The van der Waals surface area contributed by atoms with Gasteiger partial charge in [-0.05, 0) is 52.9 Å². The van der Waals surface area contributed by atoms with Gasteiger partial charge in [-0.3, -0.25) is 9.13 Å². The molecule has 7 heteroatoms. The van der Waals surface area contributed by atoms with Crippen molar-refractivity contribution < 1.29 is 23.8 Å². The molecule has 3 N–H and O–H groups in total. The van der Waals surface area contributed by atoms with Crippen LogP contribution in [0.4, 0.5) is 0 Å². The van der Waals surface area contributed by atoms with Crippen LogP contribution in [-0.4, -0.2) is 26.7 Å². The molecule has 148 valence electrons. The molecule has 0 fully saturated rings. The molecule has 0 aromatic heterocycles. The van der Waals surface area contributed by atoms with Gasteiger partial charge in [0.1, 0.15) is 5.40 Å². The fourth-order valence-electron chi connectivity index (χ4n) is 2.73. The molecule has 0 aliphatic carbocycles. The maximum absolute atomic E-state index is 11.6. The Labute approximate surface area is 153 Å². The molecule has 0 aliphatic rings. The highest BCUT2D eigenvalue weighted by molar-refractivity contribution is 7.73. The number of rotatable bonds is 13. The second-order valence-corrected chi connectivity index (χ2v) is 11.9. The summed E-state index contributed by atoms with van der Waals surface area (Å²) < 4.78 is 22.9. The molecule has 0 radical (unpaired) electrons. The summed E-state index contributed by atoms with van der Waals surface area (Å²) in [5, 5.41) is -1.41. The summed E-state index contributed by atoms with van der Waals surface area (Å²) >= 11 is 0. The van der Waals surface area contributed by atoms with E-state index in [1.165, 1.54) is 11.1 Å². The molecular weight excluding hydrogens is 358 g/mol. The molecule has 0 heterocycles. The molecule has 0 saturated carbocycles. The molecule has 2 unspecified atom stereocenters. The van der Waals surface area contributed by atoms with Crippen LogP contribution in [0.25, 0.3) is 0 Å². The van der Waals surface area contributed by atoms with Crippen LogP contribution in [0.15, 0.2) is 23.3 Å². The summed E-state index contributed by atoms with van der Waals surface area (Å²) in [6, 6.07) is 0. The van der Waals surface area contributed by atoms with Gasteiger partial charge in [-0.1, -0.05) is 49.0 Å². The Bertz CT molecular complexity index is 502. The quantitative estimate of drug-likeness (QED) is 0.208. The van der Waals surface area contributed by atoms with Crippen molar-refractivity contribution in [1.82, 2.24) is 0 Å². The first-order valence-electron chi connectivity index (χ1n) is 9.08. The third-order valence-electron chi connectivity index (χ3n) is 4.19. The van der Waals surface area contributed by atoms with Crippen molar-refractivity contribution in [2.45, 2.75) is 84.0 Å². The fraction of sp³-hybridized carbons (Fsp3) is 0.778. The van der Waals surface area contributed by atoms with Gasteiger partial charge < -0.3 is 14.7 Å². The van der Waals surface area contributed by atoms with Crippen LogP contribution in [0.2, 0.25) is 0 Å². The van der Waals surface area contributed by atoms with Crippen molar-refractivity contribution in [2.75, 3.05) is 6.66 Å². The molecule has 0 aliphatic heterocycles. The van der Waals surface area contributed by atoms with E-state index < -0.39 is 20.4 Å². The van der Waals surface area contributed by atoms with Crippen molar-refractivity contribution >= 4 is 15.0 Å². The van der Waals surface area contributed by atoms with Crippen LogP contribution in [0.5, 0.6) is 0 Å². The van der Waals surface area contributed by atoms with Crippen LogP contribution in [0.3, 0.4) is 0 Å². The summed E-state index contributed by atoms with van der Waals surface area (Å²) in [6.45, 7) is 7.42. The lowest BCUT2D eigenvalue weighted by molar-refractivity contribution is 0.359. The average Bonchev–Trinajstić information content (AvgIpc) is 2.42. The second kappa shape index (κ2) is 12.3. The molecule has 0 aromatic carbocycles. The summed E-state index contributed by atoms with van der Waals surface area (Å²) in [6.07, 6.45) is 12.5. The van der Waals surface area contributed by atoms with Crippen LogP contribution < -0.4 is 0 Å². The van der Waals surface area contributed by atoms with Crippen molar-refractivity contribution in [1.29, 1.82) is 0 Å². The van der Waals surface area contributed by atoms with Crippen molar-refractivity contribution in [3.63, 3.8) is 0 Å². The van der Waals surface area contributed by atoms with E-state index in [4.69, 9.17) is 0 Å². The molecule has 5 nitrogen and oxygen atoms in total. The van der Waals surface area contributed by atoms with Crippen LogP contribution in [0.1, 0.15) is 78.6 Å². The normalized spacial score (nSPS) is 16.4. The first kappa shape index (κ1) is 24.8. The number of allylic oxidation sites excluding steroid dienone is 4. The van der Waals surface area contributed by atoms with Crippen LogP contribution in [-0.2, 0) is 9.13 Å². The molecule has 0 rings (SSSR count). The minimum Gasteiger partial charge on any atom is -0.344 e. The van der Waals surface area contributed by atoms with Gasteiger partial charge in [0, 0.05) is 6.66 Å². The van der Waals surface area contributed by atoms with E-state index >= 15 is 0 Å². The van der Waals surface area contributed by atoms with Gasteiger partial charge in [-0.25, -0.2) is 0 Å². The Morgan fingerprint density at radius 3 is 1.96 bits per heavy atom. The lowest BCUT2D eigenvalue weighted by Gasteiger charge is -2.20. The second-order valence-electron chi connectivity index (χ2n) is 7.23. The smallest absolute Gasteiger partial charge is 0.338 e. The molecular formula is C18H36O5P2. The highest BCUT2D eigenvalue weighted by atomic mass is 31.2. The largest absolute Gasteiger partial charge is 0.344 e. The highest BCUT2D eigenvalue weighted by Crippen LogP contribution is 2.61. The Balaban J connectivity index is 3.88. The third-order valence-corrected chi connectivity index (χ3v) is 8.78. The molecule has 2 atom stereocenters. The van der Waals surface area contributed by atoms with Crippen molar-refractivity contribution in [3.8, 4) is 0 Å². The van der Waals surface area contributed by atoms with E-state index in [1.54, 1.807) is 0 Å². The topological polar surface area (TPSA) is 94.8 Å². The van der Waals surface area contributed by atoms with Gasteiger partial charge >= 0.3 is 7.60 Å². The lowest BCUT2D eigenvalue weighted by atomic mass is 10.1. The Morgan fingerprint density at radius 2 is 1.44 bits per heavy atom. The monoisotopic (exact) mass is 394 g/mol. The van der Waals surface area contributed by atoms with E-state index in [0.717, 1.165) is 51.6 Å². The predicted molar refractivity (Wildman–Crippen MR) is 106 cm³/mol. The fourth-order valence-corrected chi connectivity index (χ4v) is 6.14. The highest BCUT2D eigenvalue weighted by Gasteiger charge is 2.39. The standard InChI is InChI=1S/C18H36O5P2/c1-16(2)12-11-14-17(3)13-9-7-5-6-8-10-15-18(24(4,19)20)25(21,22)23/h12-13,18H,5-11,14-15H2,1-4H3,(H,19,20)(H2,21,22,23)/b17-13+. The van der Waals surface area contributed by atoms with Gasteiger partial charge in [0.2, 0.25) is 7.37 Å². The van der Waals surface area contributed by atoms with Crippen LogP contribution >= 0.6 is 15.0 Å². The van der Waals surface area contributed by atoms with Crippen molar-refractivity contribution in [3.05, 3.63) is 23.3 Å². The van der Waals surface area contributed by atoms with Gasteiger partial charge in [0.25, 0.3) is 0 Å². The zero-order valence-electron chi connectivity index (χ0n) is 16.1. The Kier molecular flexibility index (Phi) is 12.2. The molecule has 0 saturated heterocycles. The Morgan fingerprint density at radius 1 is 0.880 bits per heavy atom. The summed E-state index contributed by atoms with van der Waals surface area (Å²) in [5.41, 5.74) is 2.78. The maximum atomic E-state index is 11.6. The zero-order chi connectivity index (χ0) is 19.5. The molecule has 0 aromatic rings. The number of unbranched alkanes of at least 4 members (excludes halogenated alkanes) is 5. The third kappa shape index (κ3) is 13.7. The minimum absolute atomic E-state index is 0.109. The maximum Gasteiger partial charge on any atom is 0.338 e. The average molecular weight is 394 g/mol. The van der Waals surface area contributed by atoms with E-state index in [1.807, 2.05) is 0 Å². The van der Waals surface area contributed by atoms with E-state index in [-0.39, 0.29) is 6.42 Å². The van der Waals surface area contributed by atoms with Gasteiger partial charge in [-0.2, -0.15) is 0 Å². The first-order valence-corrected chi connectivity index (χ1v) is 12.9. The van der Waals surface area contributed by atoms with Crippen molar-refractivity contribution in [2.24, 2.45) is 0 Å².